The first-order chi connectivity index (χ1) is 9.41. The van der Waals surface area contributed by atoms with Crippen molar-refractivity contribution in [1.29, 1.82) is 0 Å². The molecule has 1 saturated carbocycles. The standard InChI is InChI=1S/C15H28N2O3/c1-10(5-3-6-11(2)16)14(18)17-9-12-7-4-8-13(12)15(19)20/h10-13H,3-9,16H2,1-2H3,(H,17,18)(H,19,20). The maximum atomic E-state index is 12.0. The largest absolute Gasteiger partial charge is 0.481 e. The summed E-state index contributed by atoms with van der Waals surface area (Å²) in [4.78, 5) is 23.0. The Kier molecular flexibility index (Phi) is 6.99. The number of amides is 1. The van der Waals surface area contributed by atoms with Crippen molar-refractivity contribution in [3.05, 3.63) is 0 Å². The third-order valence-corrected chi connectivity index (χ3v) is 4.26. The van der Waals surface area contributed by atoms with Crippen molar-refractivity contribution in [3.8, 4) is 0 Å². The van der Waals surface area contributed by atoms with Gasteiger partial charge in [-0.2, -0.15) is 0 Å². The second-order valence-corrected chi connectivity index (χ2v) is 6.19. The Morgan fingerprint density at radius 2 is 2.00 bits per heavy atom. The van der Waals surface area contributed by atoms with E-state index in [9.17, 15) is 9.59 Å². The summed E-state index contributed by atoms with van der Waals surface area (Å²) in [6.07, 6.45) is 5.30. The fourth-order valence-electron chi connectivity index (χ4n) is 2.89. The Hall–Kier alpha value is -1.10. The molecule has 0 aromatic carbocycles. The van der Waals surface area contributed by atoms with Crippen LogP contribution in [0.2, 0.25) is 0 Å². The molecule has 1 rings (SSSR count). The maximum Gasteiger partial charge on any atom is 0.306 e. The number of hydrogen-bond acceptors (Lipinski definition) is 3. The lowest BCUT2D eigenvalue weighted by molar-refractivity contribution is -0.143. The normalized spacial score (nSPS) is 25.1. The Balaban J connectivity index is 2.26. The van der Waals surface area contributed by atoms with E-state index in [1.54, 1.807) is 0 Å². The number of carboxylic acids is 1. The highest BCUT2D eigenvalue weighted by atomic mass is 16.4. The average molecular weight is 284 g/mol. The minimum Gasteiger partial charge on any atom is -0.481 e. The van der Waals surface area contributed by atoms with E-state index in [0.717, 1.165) is 38.5 Å². The van der Waals surface area contributed by atoms with Crippen LogP contribution in [0.15, 0.2) is 0 Å². The highest BCUT2D eigenvalue weighted by Crippen LogP contribution is 2.31. The highest BCUT2D eigenvalue weighted by Gasteiger charge is 2.33. The summed E-state index contributed by atoms with van der Waals surface area (Å²) in [5, 5.41) is 12.0. The summed E-state index contributed by atoms with van der Waals surface area (Å²) < 4.78 is 0. The van der Waals surface area contributed by atoms with Gasteiger partial charge in [0.2, 0.25) is 5.91 Å². The molecule has 20 heavy (non-hydrogen) atoms. The van der Waals surface area contributed by atoms with Crippen LogP contribution in [0.25, 0.3) is 0 Å². The fourth-order valence-corrected chi connectivity index (χ4v) is 2.89. The number of nitrogens with two attached hydrogens (primary N) is 1. The summed E-state index contributed by atoms with van der Waals surface area (Å²) in [6, 6.07) is 0.181. The van der Waals surface area contributed by atoms with Crippen LogP contribution >= 0.6 is 0 Å². The topological polar surface area (TPSA) is 92.4 Å². The number of hydrogen-bond donors (Lipinski definition) is 3. The second-order valence-electron chi connectivity index (χ2n) is 6.19. The summed E-state index contributed by atoms with van der Waals surface area (Å²) in [5.41, 5.74) is 5.68. The van der Waals surface area contributed by atoms with Crippen LogP contribution in [0.4, 0.5) is 0 Å². The fraction of sp³-hybridized carbons (Fsp3) is 0.867. The number of nitrogens with one attached hydrogen (secondary N) is 1. The van der Waals surface area contributed by atoms with Gasteiger partial charge in [0.1, 0.15) is 0 Å². The van der Waals surface area contributed by atoms with E-state index in [1.165, 1.54) is 0 Å². The molecule has 1 aliphatic rings. The number of carboxylic acid groups (broad SMARTS) is 1. The number of carbonyl (C=O) groups excluding carboxylic acids is 1. The Bertz CT molecular complexity index is 331. The summed E-state index contributed by atoms with van der Waals surface area (Å²) >= 11 is 0. The molecule has 0 aromatic heterocycles. The van der Waals surface area contributed by atoms with E-state index in [-0.39, 0.29) is 29.7 Å². The molecule has 1 aliphatic carbocycles. The van der Waals surface area contributed by atoms with Crippen molar-refractivity contribution in [1.82, 2.24) is 5.32 Å². The summed E-state index contributed by atoms with van der Waals surface area (Å²) in [7, 11) is 0. The molecule has 4 N–H and O–H groups in total. The van der Waals surface area contributed by atoms with Crippen LogP contribution in [0, 0.1) is 17.8 Å². The van der Waals surface area contributed by atoms with Gasteiger partial charge < -0.3 is 16.2 Å². The van der Waals surface area contributed by atoms with Crippen molar-refractivity contribution in [2.45, 2.75) is 58.4 Å². The van der Waals surface area contributed by atoms with Gasteiger partial charge in [-0.05, 0) is 38.5 Å². The third kappa shape index (κ3) is 5.49. The molecule has 1 amide bonds. The Morgan fingerprint density at radius 1 is 1.30 bits per heavy atom. The van der Waals surface area contributed by atoms with Gasteiger partial charge in [0, 0.05) is 18.5 Å². The molecule has 5 nitrogen and oxygen atoms in total. The molecular weight excluding hydrogens is 256 g/mol. The number of rotatable bonds is 8. The molecule has 116 valence electrons. The lowest BCUT2D eigenvalue weighted by Gasteiger charge is -2.18. The van der Waals surface area contributed by atoms with Gasteiger partial charge in [-0.25, -0.2) is 0 Å². The molecule has 0 saturated heterocycles. The van der Waals surface area contributed by atoms with Gasteiger partial charge in [0.15, 0.2) is 0 Å². The van der Waals surface area contributed by atoms with Crippen LogP contribution < -0.4 is 11.1 Å². The smallest absolute Gasteiger partial charge is 0.306 e. The molecule has 0 aliphatic heterocycles. The maximum absolute atomic E-state index is 12.0. The van der Waals surface area contributed by atoms with Gasteiger partial charge in [-0.15, -0.1) is 0 Å². The third-order valence-electron chi connectivity index (χ3n) is 4.26. The minimum absolute atomic E-state index is 0.0292. The van der Waals surface area contributed by atoms with Gasteiger partial charge >= 0.3 is 5.97 Å². The Morgan fingerprint density at radius 3 is 2.60 bits per heavy atom. The van der Waals surface area contributed by atoms with Crippen LogP contribution in [0.3, 0.4) is 0 Å². The first kappa shape index (κ1) is 17.0. The zero-order valence-electron chi connectivity index (χ0n) is 12.6. The first-order valence-electron chi connectivity index (χ1n) is 7.68. The van der Waals surface area contributed by atoms with Crippen molar-refractivity contribution >= 4 is 11.9 Å². The lowest BCUT2D eigenvalue weighted by atomic mass is 9.95. The SMILES string of the molecule is CC(N)CCCC(C)C(=O)NCC1CCCC1C(=O)O. The van der Waals surface area contributed by atoms with Crippen molar-refractivity contribution < 1.29 is 14.7 Å². The lowest BCUT2D eigenvalue weighted by Crippen LogP contribution is -2.36. The van der Waals surface area contributed by atoms with Crippen LogP contribution in [0.5, 0.6) is 0 Å². The van der Waals surface area contributed by atoms with Crippen LogP contribution in [-0.2, 0) is 9.59 Å². The molecule has 4 atom stereocenters. The molecule has 0 bridgehead atoms. The van der Waals surface area contributed by atoms with Gasteiger partial charge in [0.05, 0.1) is 5.92 Å². The zero-order valence-corrected chi connectivity index (χ0v) is 12.6. The van der Waals surface area contributed by atoms with Crippen molar-refractivity contribution in [2.75, 3.05) is 6.54 Å². The van der Waals surface area contributed by atoms with Gasteiger partial charge in [0.25, 0.3) is 0 Å². The van der Waals surface area contributed by atoms with Crippen molar-refractivity contribution in [2.24, 2.45) is 23.5 Å². The van der Waals surface area contributed by atoms with Crippen LogP contribution in [-0.4, -0.2) is 29.6 Å². The second kappa shape index (κ2) is 8.25. The quantitative estimate of drug-likeness (QED) is 0.633. The molecule has 1 fully saturated rings. The molecule has 0 aromatic rings. The van der Waals surface area contributed by atoms with E-state index in [2.05, 4.69) is 5.32 Å². The predicted octanol–water partition coefficient (Wildman–Crippen LogP) is 1.76. The monoisotopic (exact) mass is 284 g/mol. The Labute approximate surface area is 121 Å². The number of carbonyl (C=O) groups is 2. The zero-order chi connectivity index (χ0) is 15.1. The molecule has 0 heterocycles. The average Bonchev–Trinajstić information content (AvgIpc) is 2.83. The van der Waals surface area contributed by atoms with E-state index >= 15 is 0 Å². The summed E-state index contributed by atoms with van der Waals surface area (Å²) in [5.74, 6) is -0.924. The highest BCUT2D eigenvalue weighted by molar-refractivity contribution is 5.78. The van der Waals surface area contributed by atoms with Gasteiger partial charge in [-0.1, -0.05) is 19.8 Å². The van der Waals surface area contributed by atoms with E-state index < -0.39 is 5.97 Å². The predicted molar refractivity (Wildman–Crippen MR) is 78.1 cm³/mol. The molecule has 5 heteroatoms. The molecular formula is C15H28N2O3. The summed E-state index contributed by atoms with van der Waals surface area (Å²) in [6.45, 7) is 4.38. The van der Waals surface area contributed by atoms with Crippen molar-refractivity contribution in [3.63, 3.8) is 0 Å². The number of aliphatic carboxylic acids is 1. The van der Waals surface area contributed by atoms with Gasteiger partial charge in [-0.3, -0.25) is 9.59 Å². The van der Waals surface area contributed by atoms with Crippen LogP contribution in [0.1, 0.15) is 52.4 Å². The molecule has 0 spiro atoms. The molecule has 4 unspecified atom stereocenters. The minimum atomic E-state index is -0.730. The van der Waals surface area contributed by atoms with E-state index in [0.29, 0.717) is 6.54 Å². The molecule has 0 radical (unpaired) electrons. The van der Waals surface area contributed by atoms with E-state index in [4.69, 9.17) is 10.8 Å². The van der Waals surface area contributed by atoms with E-state index in [1.807, 2.05) is 13.8 Å². The first-order valence-corrected chi connectivity index (χ1v) is 7.68.